The fourth-order valence-corrected chi connectivity index (χ4v) is 4.28. The number of carboxylic acids is 2. The molecular formula is C28H29N4O6+. The van der Waals surface area contributed by atoms with E-state index in [0.717, 1.165) is 11.0 Å². The Morgan fingerprint density at radius 3 is 2.39 bits per heavy atom. The van der Waals surface area contributed by atoms with Gasteiger partial charge in [-0.3, -0.25) is 9.59 Å². The maximum absolute atomic E-state index is 13.0. The van der Waals surface area contributed by atoms with Crippen LogP contribution in [0.15, 0.2) is 59.0 Å². The highest BCUT2D eigenvalue weighted by molar-refractivity contribution is 6.13. The molecule has 1 aliphatic carbocycles. The lowest BCUT2D eigenvalue weighted by atomic mass is 9.88. The molecule has 1 aliphatic heterocycles. The monoisotopic (exact) mass is 517 g/mol. The number of amides is 1. The van der Waals surface area contributed by atoms with Gasteiger partial charge in [0.1, 0.15) is 31.5 Å². The number of nitrogens with one attached hydrogen (secondary N) is 1. The van der Waals surface area contributed by atoms with Crippen molar-refractivity contribution in [2.75, 3.05) is 39.6 Å². The van der Waals surface area contributed by atoms with Crippen LogP contribution in [-0.4, -0.2) is 68.8 Å². The molecule has 10 nitrogen and oxygen atoms in total. The Balaban J connectivity index is 2.02. The number of carbonyl (C=O) groups excluding carboxylic acids is 1. The summed E-state index contributed by atoms with van der Waals surface area (Å²) in [5.74, 6) is -2.77. The van der Waals surface area contributed by atoms with Crippen molar-refractivity contribution in [2.24, 2.45) is 5.73 Å². The van der Waals surface area contributed by atoms with Crippen molar-refractivity contribution >= 4 is 34.5 Å². The summed E-state index contributed by atoms with van der Waals surface area (Å²) < 4.78 is 8.24. The molecule has 0 saturated carbocycles. The quantitative estimate of drug-likeness (QED) is 0.215. The first kappa shape index (κ1) is 26.4. The van der Waals surface area contributed by atoms with Crippen LogP contribution in [0.3, 0.4) is 0 Å². The van der Waals surface area contributed by atoms with E-state index >= 15 is 0 Å². The minimum Gasteiger partial charge on any atom is -0.480 e. The van der Waals surface area contributed by atoms with Gasteiger partial charge in [0.15, 0.2) is 0 Å². The summed E-state index contributed by atoms with van der Waals surface area (Å²) >= 11 is 0. The zero-order chi connectivity index (χ0) is 27.7. The number of fused-ring (bicyclic) bond motifs is 2. The van der Waals surface area contributed by atoms with E-state index in [0.29, 0.717) is 33.4 Å². The number of nitrogens with zero attached hydrogens (tertiary/aromatic N) is 2. The van der Waals surface area contributed by atoms with Gasteiger partial charge >= 0.3 is 11.9 Å². The van der Waals surface area contributed by atoms with Crippen molar-refractivity contribution < 1.29 is 29.0 Å². The second-order valence-corrected chi connectivity index (χ2v) is 9.31. The Morgan fingerprint density at radius 1 is 1.03 bits per heavy atom. The van der Waals surface area contributed by atoms with Crippen LogP contribution in [0.25, 0.3) is 33.4 Å². The van der Waals surface area contributed by atoms with E-state index < -0.39 is 23.9 Å². The van der Waals surface area contributed by atoms with E-state index in [1.54, 1.807) is 12.1 Å². The molecule has 1 atom stereocenters. The smallest absolute Gasteiger partial charge is 0.337 e. The highest BCUT2D eigenvalue weighted by Gasteiger charge is 2.26. The molecule has 2 aromatic carbocycles. The molecular weight excluding hydrogens is 488 g/mol. The van der Waals surface area contributed by atoms with Gasteiger partial charge in [0, 0.05) is 55.0 Å². The maximum atomic E-state index is 13.0. The van der Waals surface area contributed by atoms with Crippen molar-refractivity contribution in [2.45, 2.75) is 6.04 Å². The summed E-state index contributed by atoms with van der Waals surface area (Å²) in [5, 5.41) is 23.3. The average molecular weight is 518 g/mol. The van der Waals surface area contributed by atoms with Crippen LogP contribution in [0.2, 0.25) is 0 Å². The van der Waals surface area contributed by atoms with Crippen LogP contribution in [0, 0.1) is 0 Å². The molecule has 0 saturated heterocycles. The number of hydrogen-bond acceptors (Lipinski definition) is 6. The van der Waals surface area contributed by atoms with Gasteiger partial charge in [-0.05, 0) is 29.8 Å². The van der Waals surface area contributed by atoms with Crippen molar-refractivity contribution in [3.8, 4) is 22.5 Å². The van der Waals surface area contributed by atoms with E-state index in [-0.39, 0.29) is 17.7 Å². The van der Waals surface area contributed by atoms with Crippen LogP contribution < -0.4 is 25.9 Å². The third-order valence-corrected chi connectivity index (χ3v) is 6.31. The average Bonchev–Trinajstić information content (AvgIpc) is 2.88. The molecule has 5 N–H and O–H groups in total. The molecule has 38 heavy (non-hydrogen) atoms. The van der Waals surface area contributed by atoms with Crippen LogP contribution >= 0.6 is 0 Å². The van der Waals surface area contributed by atoms with E-state index in [4.69, 9.17) is 15.3 Å². The molecule has 10 heteroatoms. The molecule has 1 heterocycles. The minimum atomic E-state index is -1.32. The Labute approximate surface area is 218 Å². The van der Waals surface area contributed by atoms with E-state index in [1.807, 2.05) is 74.1 Å². The first-order chi connectivity index (χ1) is 18.0. The number of rotatable bonds is 7. The first-order valence-corrected chi connectivity index (χ1v) is 11.8. The third-order valence-electron chi connectivity index (χ3n) is 6.31. The SMILES string of the molecule is CN(C)c1ccc2c(-c3cccc(C(=O)NC[C@@H](N)C(=O)O)c3C(=O)O)c3ccc(=[N+](C)C)cc-3oc2c1. The lowest BCUT2D eigenvalue weighted by Gasteiger charge is -2.20. The maximum Gasteiger partial charge on any atom is 0.337 e. The van der Waals surface area contributed by atoms with Gasteiger partial charge in [-0.25, -0.2) is 9.37 Å². The van der Waals surface area contributed by atoms with Crippen LogP contribution in [-0.2, 0) is 4.79 Å². The second kappa shape index (κ2) is 10.3. The fraction of sp³-hybridized carbons (Fsp3) is 0.214. The van der Waals surface area contributed by atoms with E-state index in [2.05, 4.69) is 5.32 Å². The summed E-state index contributed by atoms with van der Waals surface area (Å²) in [6.07, 6.45) is 0. The lowest BCUT2D eigenvalue weighted by molar-refractivity contribution is -0.138. The molecule has 4 rings (SSSR count). The number of aromatic carboxylic acids is 1. The van der Waals surface area contributed by atoms with Crippen LogP contribution in [0.4, 0.5) is 5.69 Å². The van der Waals surface area contributed by atoms with E-state index in [1.165, 1.54) is 6.07 Å². The molecule has 196 valence electrons. The predicted octanol–water partition coefficient (Wildman–Crippen LogP) is 2.14. The van der Waals surface area contributed by atoms with Gasteiger partial charge in [0.05, 0.1) is 17.2 Å². The molecule has 0 bridgehead atoms. The topological polar surface area (TPSA) is 149 Å². The summed E-state index contributed by atoms with van der Waals surface area (Å²) in [4.78, 5) is 38.6. The number of benzene rings is 3. The van der Waals surface area contributed by atoms with Gasteiger partial charge < -0.3 is 30.6 Å². The number of aliphatic carboxylic acids is 1. The predicted molar refractivity (Wildman–Crippen MR) is 145 cm³/mol. The van der Waals surface area contributed by atoms with Gasteiger partial charge in [0.25, 0.3) is 5.91 Å². The standard InChI is InChI=1S/C28H28N4O6/c1-31(2)15-8-10-17-22(12-15)38-23-13-16(32(3)4)9-11-18(23)24(17)19-6-5-7-20(25(19)28(36)37)26(33)30-14-21(29)27(34)35/h5-13,21H,14,29H2,1-4H3,(H2-,30,33,34,35,36,37)/p+1/t21-/m1/s1. The van der Waals surface area contributed by atoms with Crippen molar-refractivity contribution in [1.29, 1.82) is 0 Å². The van der Waals surface area contributed by atoms with Gasteiger partial charge in [-0.1, -0.05) is 12.1 Å². The number of carboxylic acid groups (broad SMARTS) is 2. The second-order valence-electron chi connectivity index (χ2n) is 9.31. The molecule has 0 aromatic heterocycles. The van der Waals surface area contributed by atoms with Gasteiger partial charge in [0.2, 0.25) is 5.36 Å². The van der Waals surface area contributed by atoms with Crippen molar-refractivity contribution in [1.82, 2.24) is 9.89 Å². The number of anilines is 1. The van der Waals surface area contributed by atoms with Gasteiger partial charge in [-0.15, -0.1) is 0 Å². The molecule has 2 aliphatic rings. The van der Waals surface area contributed by atoms with Crippen molar-refractivity contribution in [3.63, 3.8) is 0 Å². The normalized spacial score (nSPS) is 11.8. The molecule has 1 amide bonds. The summed E-state index contributed by atoms with van der Waals surface area (Å²) in [5.41, 5.74) is 8.24. The number of carbonyl (C=O) groups is 3. The lowest BCUT2D eigenvalue weighted by Crippen LogP contribution is -2.42. The Morgan fingerprint density at radius 2 is 1.76 bits per heavy atom. The summed E-state index contributed by atoms with van der Waals surface area (Å²) in [6.45, 7) is -0.353. The largest absolute Gasteiger partial charge is 0.480 e. The number of hydrogen-bond donors (Lipinski definition) is 4. The zero-order valence-electron chi connectivity index (χ0n) is 21.5. The molecule has 0 radical (unpaired) electrons. The Kier molecular flexibility index (Phi) is 7.18. The van der Waals surface area contributed by atoms with Crippen LogP contribution in [0.1, 0.15) is 20.7 Å². The zero-order valence-corrected chi connectivity index (χ0v) is 21.5. The summed E-state index contributed by atoms with van der Waals surface area (Å²) in [6, 6.07) is 14.6. The summed E-state index contributed by atoms with van der Waals surface area (Å²) in [7, 11) is 7.64. The molecule has 0 fully saturated rings. The minimum absolute atomic E-state index is 0.107. The Hall–Kier alpha value is -4.70. The Bertz CT molecular complexity index is 1620. The molecule has 0 spiro atoms. The molecule has 2 aromatic rings. The van der Waals surface area contributed by atoms with Crippen LogP contribution in [0.5, 0.6) is 0 Å². The third kappa shape index (κ3) is 4.94. The number of nitrogens with two attached hydrogens (primary N) is 1. The molecule has 0 unspecified atom stereocenters. The van der Waals surface area contributed by atoms with E-state index in [9.17, 15) is 19.5 Å². The van der Waals surface area contributed by atoms with Gasteiger partial charge in [-0.2, -0.15) is 0 Å². The first-order valence-electron chi connectivity index (χ1n) is 11.8. The highest BCUT2D eigenvalue weighted by Crippen LogP contribution is 2.42. The fourth-order valence-electron chi connectivity index (χ4n) is 4.28. The van der Waals surface area contributed by atoms with Crippen molar-refractivity contribution in [3.05, 3.63) is 71.1 Å². The highest BCUT2D eigenvalue weighted by atomic mass is 16.4.